The third-order valence-electron chi connectivity index (χ3n) is 3.71. The molecule has 0 aromatic carbocycles. The van der Waals surface area contributed by atoms with E-state index in [2.05, 4.69) is 5.32 Å². The Bertz CT molecular complexity index is 301. The maximum atomic E-state index is 12.0. The number of amides is 2. The summed E-state index contributed by atoms with van der Waals surface area (Å²) >= 11 is 0. The number of rotatable bonds is 5. The number of nitrogens with zero attached hydrogens (tertiary/aromatic N) is 1. The second-order valence-corrected chi connectivity index (χ2v) is 5.17. The van der Waals surface area contributed by atoms with Crippen molar-refractivity contribution in [3.05, 3.63) is 0 Å². The Hall–Kier alpha value is -1.10. The maximum Gasteiger partial charge on any atom is 0.244 e. The number of likely N-dealkylation sites (tertiary alicyclic amines) is 1. The second-order valence-electron chi connectivity index (χ2n) is 5.17. The molecule has 104 valence electrons. The van der Waals surface area contributed by atoms with Gasteiger partial charge in [-0.3, -0.25) is 9.59 Å². The van der Waals surface area contributed by atoms with E-state index < -0.39 is 12.1 Å². The topological polar surface area (TPSA) is 75.4 Å². The van der Waals surface area contributed by atoms with Crippen LogP contribution >= 0.6 is 0 Å². The van der Waals surface area contributed by atoms with Crippen LogP contribution in [0.25, 0.3) is 0 Å². The lowest BCUT2D eigenvalue weighted by atomic mass is 9.99. The van der Waals surface area contributed by atoms with Crippen molar-refractivity contribution < 1.29 is 9.59 Å². The van der Waals surface area contributed by atoms with Crippen molar-refractivity contribution in [2.24, 2.45) is 11.7 Å². The molecular formula is C13H25N3O2. The highest BCUT2D eigenvalue weighted by Gasteiger charge is 2.27. The summed E-state index contributed by atoms with van der Waals surface area (Å²) < 4.78 is 0. The summed E-state index contributed by atoms with van der Waals surface area (Å²) in [6.07, 6.45) is 2.96. The Morgan fingerprint density at radius 1 is 1.28 bits per heavy atom. The molecule has 18 heavy (non-hydrogen) atoms. The standard InChI is InChI=1S/C13H25N3O2/c1-4-9(2)11(14)12(17)15-10(3)13(18)16-7-5-6-8-16/h9-11H,4-8,14H2,1-3H3,(H,15,17)/t9-,10?,11-/m0/s1. The molecular weight excluding hydrogens is 230 g/mol. The van der Waals surface area contributed by atoms with Crippen LogP contribution in [0.1, 0.15) is 40.0 Å². The van der Waals surface area contributed by atoms with Gasteiger partial charge in [-0.15, -0.1) is 0 Å². The highest BCUT2D eigenvalue weighted by atomic mass is 16.2. The van der Waals surface area contributed by atoms with Gasteiger partial charge in [0.25, 0.3) is 0 Å². The van der Waals surface area contributed by atoms with E-state index in [1.807, 2.05) is 13.8 Å². The summed E-state index contributed by atoms with van der Waals surface area (Å²) in [6.45, 7) is 7.27. The van der Waals surface area contributed by atoms with E-state index in [9.17, 15) is 9.59 Å². The van der Waals surface area contributed by atoms with Crippen LogP contribution in [-0.4, -0.2) is 41.9 Å². The first-order valence-electron chi connectivity index (χ1n) is 6.82. The number of carbonyl (C=O) groups is 2. The third kappa shape index (κ3) is 3.70. The number of hydrogen-bond donors (Lipinski definition) is 2. The summed E-state index contributed by atoms with van der Waals surface area (Å²) in [5, 5.41) is 2.72. The zero-order valence-electron chi connectivity index (χ0n) is 11.6. The van der Waals surface area contributed by atoms with Crippen LogP contribution in [0.15, 0.2) is 0 Å². The summed E-state index contributed by atoms with van der Waals surface area (Å²) in [4.78, 5) is 25.7. The minimum Gasteiger partial charge on any atom is -0.343 e. The zero-order valence-corrected chi connectivity index (χ0v) is 11.6. The average molecular weight is 255 g/mol. The van der Waals surface area contributed by atoms with Gasteiger partial charge in [0.15, 0.2) is 0 Å². The van der Waals surface area contributed by atoms with Crippen LogP contribution in [0.3, 0.4) is 0 Å². The number of carbonyl (C=O) groups excluding carboxylic acids is 2. The first-order chi connectivity index (χ1) is 8.47. The van der Waals surface area contributed by atoms with Gasteiger partial charge in [0, 0.05) is 13.1 Å². The second kappa shape index (κ2) is 6.73. The fraction of sp³-hybridized carbons (Fsp3) is 0.846. The third-order valence-corrected chi connectivity index (χ3v) is 3.71. The van der Waals surface area contributed by atoms with Gasteiger partial charge in [-0.05, 0) is 25.7 Å². The smallest absolute Gasteiger partial charge is 0.244 e. The Kier molecular flexibility index (Phi) is 5.59. The van der Waals surface area contributed by atoms with E-state index in [-0.39, 0.29) is 17.7 Å². The Labute approximate surface area is 109 Å². The molecule has 0 aromatic rings. The average Bonchev–Trinajstić information content (AvgIpc) is 2.89. The fourth-order valence-electron chi connectivity index (χ4n) is 2.10. The van der Waals surface area contributed by atoms with Gasteiger partial charge in [0.1, 0.15) is 6.04 Å². The van der Waals surface area contributed by atoms with Crippen molar-refractivity contribution in [1.82, 2.24) is 10.2 Å². The quantitative estimate of drug-likeness (QED) is 0.750. The van der Waals surface area contributed by atoms with Crippen molar-refractivity contribution in [2.75, 3.05) is 13.1 Å². The molecule has 2 amide bonds. The van der Waals surface area contributed by atoms with E-state index in [1.54, 1.807) is 11.8 Å². The lowest BCUT2D eigenvalue weighted by Gasteiger charge is -2.24. The van der Waals surface area contributed by atoms with Gasteiger partial charge in [-0.1, -0.05) is 20.3 Å². The Balaban J connectivity index is 2.45. The molecule has 1 unspecified atom stereocenters. The van der Waals surface area contributed by atoms with Crippen molar-refractivity contribution in [3.63, 3.8) is 0 Å². The molecule has 0 aromatic heterocycles. The molecule has 1 aliphatic heterocycles. The van der Waals surface area contributed by atoms with Crippen LogP contribution in [0, 0.1) is 5.92 Å². The van der Waals surface area contributed by atoms with Gasteiger partial charge < -0.3 is 16.0 Å². The highest BCUT2D eigenvalue weighted by Crippen LogP contribution is 2.10. The molecule has 3 N–H and O–H groups in total. The van der Waals surface area contributed by atoms with E-state index >= 15 is 0 Å². The van der Waals surface area contributed by atoms with Crippen LogP contribution in [0.4, 0.5) is 0 Å². The summed E-state index contributed by atoms with van der Waals surface area (Å²) in [5.41, 5.74) is 5.84. The van der Waals surface area contributed by atoms with Gasteiger partial charge >= 0.3 is 0 Å². The molecule has 5 nitrogen and oxygen atoms in total. The van der Waals surface area contributed by atoms with Gasteiger partial charge in [-0.25, -0.2) is 0 Å². The van der Waals surface area contributed by atoms with Crippen LogP contribution < -0.4 is 11.1 Å². The van der Waals surface area contributed by atoms with Crippen LogP contribution in [0.2, 0.25) is 0 Å². The zero-order chi connectivity index (χ0) is 13.7. The van der Waals surface area contributed by atoms with Crippen LogP contribution in [0.5, 0.6) is 0 Å². The molecule has 5 heteroatoms. The monoisotopic (exact) mass is 255 g/mol. The molecule has 1 saturated heterocycles. The van der Waals surface area contributed by atoms with Crippen LogP contribution in [-0.2, 0) is 9.59 Å². The van der Waals surface area contributed by atoms with Gasteiger partial charge in [0.05, 0.1) is 6.04 Å². The molecule has 0 aliphatic carbocycles. The Morgan fingerprint density at radius 3 is 2.33 bits per heavy atom. The molecule has 0 radical (unpaired) electrons. The number of hydrogen-bond acceptors (Lipinski definition) is 3. The lowest BCUT2D eigenvalue weighted by Crippen LogP contribution is -2.52. The number of nitrogens with two attached hydrogens (primary N) is 1. The molecule has 0 spiro atoms. The normalized spacial score (nSPS) is 20.3. The minimum atomic E-state index is -0.538. The van der Waals surface area contributed by atoms with E-state index in [0.29, 0.717) is 0 Å². The largest absolute Gasteiger partial charge is 0.343 e. The van der Waals surface area contributed by atoms with Gasteiger partial charge in [0.2, 0.25) is 11.8 Å². The predicted molar refractivity (Wildman–Crippen MR) is 70.8 cm³/mol. The molecule has 0 bridgehead atoms. The van der Waals surface area contributed by atoms with Gasteiger partial charge in [-0.2, -0.15) is 0 Å². The molecule has 1 heterocycles. The van der Waals surface area contributed by atoms with E-state index in [1.165, 1.54) is 0 Å². The highest BCUT2D eigenvalue weighted by molar-refractivity contribution is 5.89. The lowest BCUT2D eigenvalue weighted by molar-refractivity contribution is -0.135. The first kappa shape index (κ1) is 15.0. The van der Waals surface area contributed by atoms with Crippen molar-refractivity contribution >= 4 is 11.8 Å². The van der Waals surface area contributed by atoms with Crippen molar-refractivity contribution in [2.45, 2.75) is 52.1 Å². The SMILES string of the molecule is CC[C@H](C)[C@H](N)C(=O)NC(C)C(=O)N1CCCC1. The fourth-order valence-corrected chi connectivity index (χ4v) is 2.10. The predicted octanol–water partition coefficient (Wildman–Crippen LogP) is 0.487. The summed E-state index contributed by atoms with van der Waals surface area (Å²) in [6, 6.07) is -1.02. The van der Waals surface area contributed by atoms with Crippen molar-refractivity contribution in [3.8, 4) is 0 Å². The van der Waals surface area contributed by atoms with E-state index in [0.717, 1.165) is 32.4 Å². The molecule has 0 saturated carbocycles. The maximum absolute atomic E-state index is 12.0. The molecule has 1 rings (SSSR count). The molecule has 3 atom stereocenters. The first-order valence-corrected chi connectivity index (χ1v) is 6.82. The number of nitrogens with one attached hydrogen (secondary N) is 1. The van der Waals surface area contributed by atoms with Crippen molar-refractivity contribution in [1.29, 1.82) is 0 Å². The minimum absolute atomic E-state index is 0.00259. The molecule has 1 fully saturated rings. The summed E-state index contributed by atoms with van der Waals surface area (Å²) in [7, 11) is 0. The summed E-state index contributed by atoms with van der Waals surface area (Å²) in [5.74, 6) is -0.110. The Morgan fingerprint density at radius 2 is 1.83 bits per heavy atom. The van der Waals surface area contributed by atoms with E-state index in [4.69, 9.17) is 5.73 Å². The molecule has 1 aliphatic rings.